The van der Waals surface area contributed by atoms with Crippen LogP contribution >= 0.6 is 34.4 Å². The lowest BCUT2D eigenvalue weighted by Crippen LogP contribution is -2.00. The zero-order chi connectivity index (χ0) is 20.1. The van der Waals surface area contributed by atoms with E-state index in [1.165, 1.54) is 10.4 Å². The first-order chi connectivity index (χ1) is 14.8. The molecule has 30 heavy (non-hydrogen) atoms. The maximum Gasteiger partial charge on any atom is 0.198 e. The minimum Gasteiger partial charge on any atom is -0.299 e. The maximum atomic E-state index is 4.81. The topological polar surface area (TPSA) is 69.4 Å². The van der Waals surface area contributed by atoms with E-state index in [1.807, 2.05) is 25.3 Å². The van der Waals surface area contributed by atoms with Crippen LogP contribution in [-0.2, 0) is 0 Å². The molecule has 1 aliphatic rings. The van der Waals surface area contributed by atoms with E-state index in [0.717, 1.165) is 50.5 Å². The molecule has 0 aromatic carbocycles. The zero-order valence-corrected chi connectivity index (χ0v) is 18.5. The van der Waals surface area contributed by atoms with Gasteiger partial charge in [-0.2, -0.15) is 0 Å². The minimum atomic E-state index is 0.440. The molecule has 0 spiro atoms. The van der Waals surface area contributed by atoms with Crippen molar-refractivity contribution in [3.8, 4) is 21.8 Å². The van der Waals surface area contributed by atoms with Crippen molar-refractivity contribution in [2.45, 2.75) is 36.0 Å². The van der Waals surface area contributed by atoms with E-state index in [-0.39, 0.29) is 0 Å². The Kier molecular flexibility index (Phi) is 4.40. The number of hydrogen-bond donors (Lipinski definition) is 0. The van der Waals surface area contributed by atoms with Crippen molar-refractivity contribution in [2.75, 3.05) is 0 Å². The van der Waals surface area contributed by atoms with Gasteiger partial charge in [-0.15, -0.1) is 32.9 Å². The highest BCUT2D eigenvalue weighted by atomic mass is 32.2. The number of aromatic nitrogens is 6. The van der Waals surface area contributed by atoms with Gasteiger partial charge in [-0.1, -0.05) is 6.07 Å². The SMILES string of the molecule is Cc1nc(Sc2nnc(-c3cccnc3)n2C2CC2)c2c(-c3cccs3)csc2n1. The van der Waals surface area contributed by atoms with Crippen LogP contribution in [0.4, 0.5) is 0 Å². The molecule has 0 unspecified atom stereocenters. The minimum absolute atomic E-state index is 0.440. The summed E-state index contributed by atoms with van der Waals surface area (Å²) in [4.78, 5) is 16.0. The number of pyridine rings is 1. The predicted octanol–water partition coefficient (Wildman–Crippen LogP) is 5.87. The van der Waals surface area contributed by atoms with Gasteiger partial charge in [-0.25, -0.2) is 9.97 Å². The molecule has 5 aromatic heterocycles. The molecule has 6 rings (SSSR count). The summed E-state index contributed by atoms with van der Waals surface area (Å²) >= 11 is 4.99. The van der Waals surface area contributed by atoms with Gasteiger partial charge in [-0.3, -0.25) is 9.55 Å². The lowest BCUT2D eigenvalue weighted by Gasteiger charge is -2.09. The summed E-state index contributed by atoms with van der Waals surface area (Å²) in [6.07, 6.45) is 5.92. The standard InChI is InChI=1S/C21H16N6S3/c1-12-23-19-17(15(11-29-19)16-5-3-9-28-16)20(24-12)30-21-26-25-18(27(21)14-6-7-14)13-4-2-8-22-10-13/h2-5,8-11,14H,6-7H2,1H3. The molecule has 0 aliphatic heterocycles. The Bertz CT molecular complexity index is 1340. The summed E-state index contributed by atoms with van der Waals surface area (Å²) in [5, 5.41) is 16.3. The Morgan fingerprint density at radius 3 is 2.80 bits per heavy atom. The van der Waals surface area contributed by atoms with Gasteiger partial charge in [0, 0.05) is 39.8 Å². The normalized spacial score (nSPS) is 13.9. The maximum absolute atomic E-state index is 4.81. The predicted molar refractivity (Wildman–Crippen MR) is 121 cm³/mol. The summed E-state index contributed by atoms with van der Waals surface area (Å²) in [5.41, 5.74) is 2.18. The molecule has 0 atom stereocenters. The molecular weight excluding hydrogens is 432 g/mol. The van der Waals surface area contributed by atoms with Gasteiger partial charge in [-0.05, 0) is 55.1 Å². The van der Waals surface area contributed by atoms with E-state index in [2.05, 4.69) is 47.6 Å². The van der Waals surface area contributed by atoms with Gasteiger partial charge >= 0.3 is 0 Å². The molecule has 1 saturated carbocycles. The fourth-order valence-electron chi connectivity index (χ4n) is 3.49. The van der Waals surface area contributed by atoms with Crippen LogP contribution in [0.2, 0.25) is 0 Å². The van der Waals surface area contributed by atoms with Crippen LogP contribution < -0.4 is 0 Å². The zero-order valence-electron chi connectivity index (χ0n) is 16.0. The van der Waals surface area contributed by atoms with Crippen LogP contribution in [0.25, 0.3) is 32.0 Å². The van der Waals surface area contributed by atoms with Crippen LogP contribution in [0.3, 0.4) is 0 Å². The first-order valence-electron chi connectivity index (χ1n) is 9.61. The van der Waals surface area contributed by atoms with Gasteiger partial charge in [0.25, 0.3) is 0 Å². The highest BCUT2D eigenvalue weighted by Gasteiger charge is 2.31. The first kappa shape index (κ1) is 18.2. The monoisotopic (exact) mass is 448 g/mol. The van der Waals surface area contributed by atoms with E-state index in [4.69, 9.17) is 4.98 Å². The summed E-state index contributed by atoms with van der Waals surface area (Å²) in [7, 11) is 0. The Labute approximate surface area is 185 Å². The van der Waals surface area contributed by atoms with Gasteiger partial charge in [0.2, 0.25) is 0 Å². The number of nitrogens with zero attached hydrogens (tertiary/aromatic N) is 6. The van der Waals surface area contributed by atoms with Gasteiger partial charge < -0.3 is 0 Å². The lowest BCUT2D eigenvalue weighted by atomic mass is 10.2. The summed E-state index contributed by atoms with van der Waals surface area (Å²) < 4.78 is 2.25. The van der Waals surface area contributed by atoms with Crippen molar-refractivity contribution < 1.29 is 0 Å². The Balaban J connectivity index is 1.49. The van der Waals surface area contributed by atoms with E-state index in [9.17, 15) is 0 Å². The lowest BCUT2D eigenvalue weighted by molar-refractivity contribution is 0.668. The van der Waals surface area contributed by atoms with Crippen LogP contribution in [0, 0.1) is 6.92 Å². The summed E-state index contributed by atoms with van der Waals surface area (Å²) in [5.74, 6) is 1.65. The molecular formula is C21H16N6S3. The molecule has 0 bridgehead atoms. The second-order valence-electron chi connectivity index (χ2n) is 7.13. The van der Waals surface area contributed by atoms with E-state index in [0.29, 0.717) is 6.04 Å². The number of rotatable bonds is 5. The molecule has 6 nitrogen and oxygen atoms in total. The molecule has 5 heterocycles. The second-order valence-corrected chi connectivity index (χ2v) is 9.90. The van der Waals surface area contributed by atoms with Crippen molar-refractivity contribution >= 4 is 44.7 Å². The second kappa shape index (κ2) is 7.26. The van der Waals surface area contributed by atoms with E-state index >= 15 is 0 Å². The molecule has 5 aromatic rings. The third kappa shape index (κ3) is 3.13. The van der Waals surface area contributed by atoms with E-state index < -0.39 is 0 Å². The van der Waals surface area contributed by atoms with Gasteiger partial charge in [0.05, 0.1) is 5.39 Å². The fourth-order valence-corrected chi connectivity index (χ4v) is 6.43. The van der Waals surface area contributed by atoms with Gasteiger partial charge in [0.1, 0.15) is 15.7 Å². The van der Waals surface area contributed by atoms with Gasteiger partial charge in [0.15, 0.2) is 11.0 Å². The van der Waals surface area contributed by atoms with Crippen molar-refractivity contribution in [3.63, 3.8) is 0 Å². The van der Waals surface area contributed by atoms with E-state index in [1.54, 1.807) is 40.6 Å². The number of thiophene rings is 2. The third-order valence-electron chi connectivity index (χ3n) is 4.98. The van der Waals surface area contributed by atoms with Crippen molar-refractivity contribution in [1.82, 2.24) is 29.7 Å². The molecule has 0 amide bonds. The van der Waals surface area contributed by atoms with Crippen LogP contribution in [0.5, 0.6) is 0 Å². The van der Waals surface area contributed by atoms with Crippen molar-refractivity contribution in [3.05, 3.63) is 53.2 Å². The quantitative estimate of drug-likeness (QED) is 0.313. The largest absolute Gasteiger partial charge is 0.299 e. The van der Waals surface area contributed by atoms with Crippen LogP contribution in [0.15, 0.2) is 57.6 Å². The highest BCUT2D eigenvalue weighted by Crippen LogP contribution is 2.45. The van der Waals surface area contributed by atoms with Crippen molar-refractivity contribution in [2.24, 2.45) is 0 Å². The molecule has 0 radical (unpaired) electrons. The fraction of sp³-hybridized carbons (Fsp3) is 0.190. The summed E-state index contributed by atoms with van der Waals surface area (Å²) in [6.45, 7) is 1.95. The Morgan fingerprint density at radius 1 is 1.10 bits per heavy atom. The number of fused-ring (bicyclic) bond motifs is 1. The number of aryl methyl sites for hydroxylation is 1. The van der Waals surface area contributed by atoms with Crippen LogP contribution in [0.1, 0.15) is 24.7 Å². The summed E-state index contributed by atoms with van der Waals surface area (Å²) in [6, 6.07) is 8.63. The first-order valence-corrected chi connectivity index (χ1v) is 12.2. The highest BCUT2D eigenvalue weighted by molar-refractivity contribution is 7.99. The smallest absolute Gasteiger partial charge is 0.198 e. The number of hydrogen-bond acceptors (Lipinski definition) is 8. The average molecular weight is 449 g/mol. The molecule has 0 saturated heterocycles. The van der Waals surface area contributed by atoms with Crippen LogP contribution in [-0.4, -0.2) is 29.7 Å². The molecule has 1 fully saturated rings. The van der Waals surface area contributed by atoms with Crippen molar-refractivity contribution in [1.29, 1.82) is 0 Å². The average Bonchev–Trinajstić information content (AvgIpc) is 3.15. The molecule has 1 aliphatic carbocycles. The Hall–Kier alpha value is -2.62. The molecule has 0 N–H and O–H groups in total. The Morgan fingerprint density at radius 2 is 2.03 bits per heavy atom. The molecule has 148 valence electrons. The third-order valence-corrected chi connectivity index (χ3v) is 7.71. The molecule has 9 heteroatoms.